The van der Waals surface area contributed by atoms with Crippen LogP contribution in [0.3, 0.4) is 0 Å². The van der Waals surface area contributed by atoms with Crippen LogP contribution in [0.15, 0.2) is 53.1 Å². The molecule has 19 heavy (non-hydrogen) atoms. The molecule has 2 N–H and O–H groups in total. The molecule has 1 aromatic carbocycles. The average Bonchev–Trinajstić information content (AvgIpc) is 2.98. The smallest absolute Gasteiger partial charge is 0.237 e. The topological polar surface area (TPSA) is 54.3 Å². The number of carbonyl (C=O) groups excluding carboxylic acids is 1. The first kappa shape index (κ1) is 13.4. The quantitative estimate of drug-likeness (QED) is 0.863. The van der Waals surface area contributed by atoms with E-state index < -0.39 is 0 Å². The molecule has 2 rings (SSSR count). The van der Waals surface area contributed by atoms with Crippen molar-refractivity contribution in [3.8, 4) is 0 Å². The lowest BCUT2D eigenvalue weighted by Crippen LogP contribution is -2.42. The third kappa shape index (κ3) is 3.23. The molecule has 0 aliphatic rings. The molecule has 2 unspecified atom stereocenters. The van der Waals surface area contributed by atoms with E-state index in [1.54, 1.807) is 13.3 Å². The first-order valence-electron chi connectivity index (χ1n) is 6.28. The third-order valence-electron chi connectivity index (χ3n) is 3.07. The van der Waals surface area contributed by atoms with E-state index in [-0.39, 0.29) is 18.0 Å². The molecule has 0 spiro atoms. The van der Waals surface area contributed by atoms with Crippen molar-refractivity contribution in [2.75, 3.05) is 7.05 Å². The van der Waals surface area contributed by atoms with Gasteiger partial charge in [-0.1, -0.05) is 30.3 Å². The number of furan rings is 1. The molecule has 4 heteroatoms. The van der Waals surface area contributed by atoms with Gasteiger partial charge in [-0.25, -0.2) is 0 Å². The monoisotopic (exact) mass is 258 g/mol. The number of rotatable bonds is 5. The largest absolute Gasteiger partial charge is 0.467 e. The maximum atomic E-state index is 12.0. The summed E-state index contributed by atoms with van der Waals surface area (Å²) in [4.78, 5) is 12.0. The highest BCUT2D eigenvalue weighted by Gasteiger charge is 2.21. The Balaban J connectivity index is 2.24. The van der Waals surface area contributed by atoms with Gasteiger partial charge in [-0.3, -0.25) is 4.79 Å². The van der Waals surface area contributed by atoms with Gasteiger partial charge in [0.1, 0.15) is 11.8 Å². The number of carbonyl (C=O) groups is 1. The summed E-state index contributed by atoms with van der Waals surface area (Å²) in [6, 6.07) is 12.9. The van der Waals surface area contributed by atoms with Gasteiger partial charge in [0.05, 0.1) is 12.3 Å². The van der Waals surface area contributed by atoms with Crippen LogP contribution in [0.2, 0.25) is 0 Å². The van der Waals surface area contributed by atoms with Gasteiger partial charge in [0.15, 0.2) is 0 Å². The van der Waals surface area contributed by atoms with Gasteiger partial charge in [0.2, 0.25) is 5.91 Å². The lowest BCUT2D eigenvalue weighted by atomic mass is 10.0. The van der Waals surface area contributed by atoms with Crippen molar-refractivity contribution in [1.82, 2.24) is 10.6 Å². The Morgan fingerprint density at radius 3 is 2.47 bits per heavy atom. The van der Waals surface area contributed by atoms with Gasteiger partial charge < -0.3 is 15.1 Å². The fraction of sp³-hybridized carbons (Fsp3) is 0.267. The summed E-state index contributed by atoms with van der Waals surface area (Å²) >= 11 is 0. The van der Waals surface area contributed by atoms with Crippen molar-refractivity contribution >= 4 is 5.91 Å². The normalized spacial score (nSPS) is 13.8. The number of hydrogen-bond donors (Lipinski definition) is 2. The number of nitrogens with one attached hydrogen (secondary N) is 2. The molecule has 4 nitrogen and oxygen atoms in total. The summed E-state index contributed by atoms with van der Waals surface area (Å²) < 4.78 is 5.43. The molecule has 0 saturated carbocycles. The molecule has 0 aliphatic heterocycles. The minimum atomic E-state index is -0.264. The average molecular weight is 258 g/mol. The highest BCUT2D eigenvalue weighted by Crippen LogP contribution is 2.22. The molecule has 0 saturated heterocycles. The first-order valence-corrected chi connectivity index (χ1v) is 6.28. The summed E-state index contributed by atoms with van der Waals surface area (Å²) in [5.74, 6) is 0.663. The fourth-order valence-corrected chi connectivity index (χ4v) is 1.82. The van der Waals surface area contributed by atoms with Crippen LogP contribution >= 0.6 is 0 Å². The van der Waals surface area contributed by atoms with Gasteiger partial charge in [-0.15, -0.1) is 0 Å². The summed E-state index contributed by atoms with van der Waals surface area (Å²) in [7, 11) is 1.76. The third-order valence-corrected chi connectivity index (χ3v) is 3.07. The summed E-state index contributed by atoms with van der Waals surface area (Å²) in [6.45, 7) is 1.82. The predicted octanol–water partition coefficient (Wildman–Crippen LogP) is 2.09. The molecule has 2 aromatic rings. The molecule has 0 radical (unpaired) electrons. The van der Waals surface area contributed by atoms with E-state index in [9.17, 15) is 4.79 Å². The highest BCUT2D eigenvalue weighted by molar-refractivity contribution is 5.82. The van der Waals surface area contributed by atoms with Gasteiger partial charge >= 0.3 is 0 Å². The van der Waals surface area contributed by atoms with Crippen LogP contribution in [0, 0.1) is 0 Å². The number of hydrogen-bond acceptors (Lipinski definition) is 3. The minimum Gasteiger partial charge on any atom is -0.467 e. The summed E-state index contributed by atoms with van der Waals surface area (Å²) in [5.41, 5.74) is 0.995. The Morgan fingerprint density at radius 2 is 1.89 bits per heavy atom. The molecule has 2 atom stereocenters. The molecule has 1 heterocycles. The van der Waals surface area contributed by atoms with Gasteiger partial charge in [0.25, 0.3) is 0 Å². The molecule has 1 amide bonds. The number of likely N-dealkylation sites (N-methyl/N-ethyl adjacent to an activating group) is 1. The van der Waals surface area contributed by atoms with Crippen LogP contribution in [-0.2, 0) is 4.79 Å². The van der Waals surface area contributed by atoms with E-state index >= 15 is 0 Å². The van der Waals surface area contributed by atoms with Crippen molar-refractivity contribution in [2.45, 2.75) is 19.0 Å². The molecular formula is C15H18N2O2. The van der Waals surface area contributed by atoms with Crippen molar-refractivity contribution in [1.29, 1.82) is 0 Å². The van der Waals surface area contributed by atoms with Crippen LogP contribution in [0.5, 0.6) is 0 Å². The molecule has 1 aromatic heterocycles. The van der Waals surface area contributed by atoms with Gasteiger partial charge in [-0.05, 0) is 31.7 Å². The van der Waals surface area contributed by atoms with E-state index in [0.29, 0.717) is 0 Å². The highest BCUT2D eigenvalue weighted by atomic mass is 16.3. The second kappa shape index (κ2) is 6.20. The van der Waals surface area contributed by atoms with E-state index in [1.165, 1.54) is 0 Å². The molecule has 100 valence electrons. The van der Waals surface area contributed by atoms with Crippen LogP contribution in [-0.4, -0.2) is 19.0 Å². The Hall–Kier alpha value is -2.07. The van der Waals surface area contributed by atoms with Gasteiger partial charge in [-0.2, -0.15) is 0 Å². The Kier molecular flexibility index (Phi) is 4.36. The Labute approximate surface area is 112 Å². The van der Waals surface area contributed by atoms with Crippen LogP contribution in [0.1, 0.15) is 24.3 Å². The lowest BCUT2D eigenvalue weighted by molar-refractivity contribution is -0.123. The number of benzene rings is 1. The zero-order valence-electron chi connectivity index (χ0n) is 11.1. The van der Waals surface area contributed by atoms with E-state index in [0.717, 1.165) is 11.3 Å². The molecular weight excluding hydrogens is 240 g/mol. The van der Waals surface area contributed by atoms with E-state index in [2.05, 4.69) is 10.6 Å². The Morgan fingerprint density at radius 1 is 1.16 bits per heavy atom. The SMILES string of the molecule is CNC(C)C(=O)NC(c1ccccc1)c1ccco1. The second-order valence-electron chi connectivity index (χ2n) is 4.38. The van der Waals surface area contributed by atoms with E-state index in [1.807, 2.05) is 49.4 Å². The van der Waals surface area contributed by atoms with Crippen molar-refractivity contribution in [3.05, 3.63) is 60.1 Å². The standard InChI is InChI=1S/C15H18N2O2/c1-11(16-2)15(18)17-14(13-9-6-10-19-13)12-7-4-3-5-8-12/h3-11,14,16H,1-2H3,(H,17,18). The predicted molar refractivity (Wildman–Crippen MR) is 73.7 cm³/mol. The van der Waals surface area contributed by atoms with Crippen molar-refractivity contribution < 1.29 is 9.21 Å². The fourth-order valence-electron chi connectivity index (χ4n) is 1.82. The second-order valence-corrected chi connectivity index (χ2v) is 4.38. The molecule has 0 aliphatic carbocycles. The van der Waals surface area contributed by atoms with Crippen LogP contribution < -0.4 is 10.6 Å². The van der Waals surface area contributed by atoms with Crippen molar-refractivity contribution in [3.63, 3.8) is 0 Å². The molecule has 0 fully saturated rings. The van der Waals surface area contributed by atoms with Crippen LogP contribution in [0.25, 0.3) is 0 Å². The van der Waals surface area contributed by atoms with Crippen LogP contribution in [0.4, 0.5) is 0 Å². The summed E-state index contributed by atoms with van der Waals surface area (Å²) in [5, 5.41) is 5.92. The van der Waals surface area contributed by atoms with Crippen molar-refractivity contribution in [2.24, 2.45) is 0 Å². The molecule has 0 bridgehead atoms. The number of amides is 1. The Bertz CT molecular complexity index is 508. The van der Waals surface area contributed by atoms with Gasteiger partial charge in [0, 0.05) is 0 Å². The van der Waals surface area contributed by atoms with E-state index in [4.69, 9.17) is 4.42 Å². The maximum Gasteiger partial charge on any atom is 0.237 e. The zero-order chi connectivity index (χ0) is 13.7. The lowest BCUT2D eigenvalue weighted by Gasteiger charge is -2.19. The summed E-state index contributed by atoms with van der Waals surface area (Å²) in [6.07, 6.45) is 1.61. The minimum absolute atomic E-state index is 0.0623. The zero-order valence-corrected chi connectivity index (χ0v) is 11.1. The maximum absolute atomic E-state index is 12.0. The first-order chi connectivity index (χ1) is 9.22.